The van der Waals surface area contributed by atoms with Crippen molar-refractivity contribution in [3.63, 3.8) is 0 Å². The summed E-state index contributed by atoms with van der Waals surface area (Å²) in [7, 11) is 1.87. The van der Waals surface area contributed by atoms with Crippen LogP contribution in [0.5, 0.6) is 0 Å². The molecule has 0 heterocycles. The van der Waals surface area contributed by atoms with Crippen molar-refractivity contribution < 1.29 is 14.7 Å². The van der Waals surface area contributed by atoms with Gasteiger partial charge in [-0.2, -0.15) is 0 Å². The minimum Gasteiger partial charge on any atom is -0.481 e. The fraction of sp³-hybridized carbons (Fsp3) is 0.875. The van der Waals surface area contributed by atoms with Crippen molar-refractivity contribution in [3.05, 3.63) is 0 Å². The number of carboxylic acids is 1. The van der Waals surface area contributed by atoms with Gasteiger partial charge in [0.25, 0.3) is 0 Å². The molecular weight excluding hydrogens is 268 g/mol. The maximum absolute atomic E-state index is 12.2. The van der Waals surface area contributed by atoms with Crippen molar-refractivity contribution in [2.24, 2.45) is 23.7 Å². The van der Waals surface area contributed by atoms with Gasteiger partial charge >= 0.3 is 12.0 Å². The summed E-state index contributed by atoms with van der Waals surface area (Å²) >= 11 is 0. The summed E-state index contributed by atoms with van der Waals surface area (Å²) in [4.78, 5) is 25.0. The van der Waals surface area contributed by atoms with E-state index in [4.69, 9.17) is 5.11 Å². The molecule has 3 saturated carbocycles. The predicted octanol–water partition coefficient (Wildman–Crippen LogP) is 2.32. The number of amides is 2. The summed E-state index contributed by atoms with van der Waals surface area (Å²) in [6.45, 7) is 0.849. The van der Waals surface area contributed by atoms with Crippen LogP contribution < -0.4 is 5.32 Å². The van der Waals surface area contributed by atoms with Crippen LogP contribution in [-0.2, 0) is 4.79 Å². The Balaban J connectivity index is 1.44. The van der Waals surface area contributed by atoms with Crippen LogP contribution in [0, 0.1) is 23.7 Å². The van der Waals surface area contributed by atoms with E-state index in [0.29, 0.717) is 18.8 Å². The molecule has 118 valence electrons. The number of rotatable bonds is 4. The quantitative estimate of drug-likeness (QED) is 0.836. The number of nitrogens with zero attached hydrogens (tertiary/aromatic N) is 1. The van der Waals surface area contributed by atoms with Crippen molar-refractivity contribution in [1.29, 1.82) is 0 Å². The number of carbonyl (C=O) groups is 2. The second kappa shape index (κ2) is 5.85. The van der Waals surface area contributed by atoms with E-state index in [2.05, 4.69) is 5.32 Å². The average Bonchev–Trinajstić information content (AvgIpc) is 3.13. The molecule has 3 aliphatic rings. The van der Waals surface area contributed by atoms with Crippen LogP contribution >= 0.6 is 0 Å². The lowest BCUT2D eigenvalue weighted by atomic mass is 9.88. The van der Waals surface area contributed by atoms with Crippen LogP contribution in [0.2, 0.25) is 0 Å². The van der Waals surface area contributed by atoms with Gasteiger partial charge in [0.1, 0.15) is 0 Å². The molecular formula is C16H26N2O3. The van der Waals surface area contributed by atoms with Crippen LogP contribution in [0.15, 0.2) is 0 Å². The van der Waals surface area contributed by atoms with Gasteiger partial charge in [0, 0.05) is 19.6 Å². The predicted molar refractivity (Wildman–Crippen MR) is 78.9 cm³/mol. The van der Waals surface area contributed by atoms with Gasteiger partial charge in [0.05, 0.1) is 5.92 Å². The number of urea groups is 1. The highest BCUT2D eigenvalue weighted by molar-refractivity contribution is 5.75. The smallest absolute Gasteiger partial charge is 0.317 e. The summed E-state index contributed by atoms with van der Waals surface area (Å²) in [5.74, 6) is 1.39. The first-order chi connectivity index (χ1) is 10.0. The highest BCUT2D eigenvalue weighted by atomic mass is 16.4. The summed E-state index contributed by atoms with van der Waals surface area (Å²) in [5, 5.41) is 12.0. The molecule has 21 heavy (non-hydrogen) atoms. The van der Waals surface area contributed by atoms with E-state index in [0.717, 1.165) is 24.8 Å². The van der Waals surface area contributed by atoms with Crippen molar-refractivity contribution in [2.45, 2.75) is 51.0 Å². The second-order valence-corrected chi connectivity index (χ2v) is 7.31. The van der Waals surface area contributed by atoms with Gasteiger partial charge in [0.2, 0.25) is 0 Å². The minimum atomic E-state index is -0.734. The Morgan fingerprint density at radius 2 is 1.95 bits per heavy atom. The van der Waals surface area contributed by atoms with Gasteiger partial charge in [-0.25, -0.2) is 4.79 Å². The van der Waals surface area contributed by atoms with Crippen LogP contribution in [0.3, 0.4) is 0 Å². The Morgan fingerprint density at radius 1 is 1.14 bits per heavy atom. The number of fused-ring (bicyclic) bond motifs is 2. The van der Waals surface area contributed by atoms with Crippen molar-refractivity contribution in [1.82, 2.24) is 10.2 Å². The molecule has 5 heteroatoms. The zero-order valence-electron chi connectivity index (χ0n) is 12.8. The zero-order valence-corrected chi connectivity index (χ0v) is 12.8. The largest absolute Gasteiger partial charge is 0.481 e. The van der Waals surface area contributed by atoms with Crippen molar-refractivity contribution in [3.8, 4) is 0 Å². The van der Waals surface area contributed by atoms with E-state index in [9.17, 15) is 9.59 Å². The molecule has 0 saturated heterocycles. The van der Waals surface area contributed by atoms with Gasteiger partial charge in [-0.15, -0.1) is 0 Å². The van der Waals surface area contributed by atoms with Crippen LogP contribution in [0.4, 0.5) is 4.79 Å². The maximum atomic E-state index is 12.2. The first-order valence-electron chi connectivity index (χ1n) is 8.27. The molecule has 2 amide bonds. The van der Waals surface area contributed by atoms with Crippen molar-refractivity contribution >= 4 is 12.0 Å². The lowest BCUT2D eigenvalue weighted by Crippen LogP contribution is -2.44. The van der Waals surface area contributed by atoms with E-state index < -0.39 is 5.97 Å². The third-order valence-electron chi connectivity index (χ3n) is 5.85. The molecule has 2 bridgehead atoms. The molecule has 5 unspecified atom stereocenters. The minimum absolute atomic E-state index is 0.0288. The van der Waals surface area contributed by atoms with Crippen LogP contribution in [0.1, 0.15) is 44.9 Å². The maximum Gasteiger partial charge on any atom is 0.317 e. The number of carboxylic acid groups (broad SMARTS) is 1. The fourth-order valence-electron chi connectivity index (χ4n) is 4.66. The number of nitrogens with one attached hydrogen (secondary N) is 1. The number of hydrogen-bond donors (Lipinski definition) is 2. The lowest BCUT2D eigenvalue weighted by Gasteiger charge is -2.28. The van der Waals surface area contributed by atoms with E-state index in [1.165, 1.54) is 25.7 Å². The highest BCUT2D eigenvalue weighted by Gasteiger charge is 2.40. The molecule has 5 nitrogen and oxygen atoms in total. The summed E-state index contributed by atoms with van der Waals surface area (Å²) in [6.07, 6.45) is 7.41. The van der Waals surface area contributed by atoms with E-state index in [1.807, 2.05) is 7.05 Å². The van der Waals surface area contributed by atoms with E-state index >= 15 is 0 Å². The SMILES string of the molecule is CN(CC1CC2CCC1C2)C(=O)NC1CCC(C(=O)O)C1. The van der Waals surface area contributed by atoms with Gasteiger partial charge in [-0.1, -0.05) is 6.42 Å². The monoisotopic (exact) mass is 294 g/mol. The van der Waals surface area contributed by atoms with Crippen molar-refractivity contribution in [2.75, 3.05) is 13.6 Å². The average molecular weight is 294 g/mol. The van der Waals surface area contributed by atoms with Crippen LogP contribution in [-0.4, -0.2) is 41.6 Å². The summed E-state index contributed by atoms with van der Waals surface area (Å²) < 4.78 is 0. The topological polar surface area (TPSA) is 69.6 Å². The Morgan fingerprint density at radius 3 is 2.52 bits per heavy atom. The molecule has 0 spiro atoms. The zero-order chi connectivity index (χ0) is 15.0. The van der Waals surface area contributed by atoms with E-state index in [1.54, 1.807) is 4.90 Å². The normalized spacial score (nSPS) is 37.7. The summed E-state index contributed by atoms with van der Waals surface area (Å²) in [6, 6.07) is -0.00473. The number of carbonyl (C=O) groups excluding carboxylic acids is 1. The number of hydrogen-bond acceptors (Lipinski definition) is 2. The molecule has 2 N–H and O–H groups in total. The molecule has 0 aromatic rings. The molecule has 3 rings (SSSR count). The Labute approximate surface area is 126 Å². The van der Waals surface area contributed by atoms with Crippen LogP contribution in [0.25, 0.3) is 0 Å². The van der Waals surface area contributed by atoms with Gasteiger partial charge in [-0.05, 0) is 56.3 Å². The molecule has 0 aromatic heterocycles. The molecule has 0 aliphatic heterocycles. The molecule has 0 radical (unpaired) electrons. The Kier molecular flexibility index (Phi) is 4.09. The standard InChI is InChI=1S/C16H26N2O3/c1-18(9-13-7-10-2-3-11(13)6-10)16(21)17-14-5-4-12(8-14)15(19)20/h10-14H,2-9H2,1H3,(H,17,21)(H,19,20). The molecule has 3 aliphatic carbocycles. The third-order valence-corrected chi connectivity index (χ3v) is 5.85. The fourth-order valence-corrected chi connectivity index (χ4v) is 4.66. The number of aliphatic carboxylic acids is 1. The van der Waals surface area contributed by atoms with Gasteiger partial charge in [-0.3, -0.25) is 4.79 Å². The first-order valence-corrected chi connectivity index (χ1v) is 8.27. The second-order valence-electron chi connectivity index (χ2n) is 7.31. The molecule has 5 atom stereocenters. The Hall–Kier alpha value is -1.26. The highest BCUT2D eigenvalue weighted by Crippen LogP contribution is 2.48. The molecule has 0 aromatic carbocycles. The summed E-state index contributed by atoms with van der Waals surface area (Å²) in [5.41, 5.74) is 0. The Bertz CT molecular complexity index is 426. The van der Waals surface area contributed by atoms with Gasteiger partial charge in [0.15, 0.2) is 0 Å². The first kappa shape index (κ1) is 14.7. The van der Waals surface area contributed by atoms with E-state index in [-0.39, 0.29) is 18.0 Å². The van der Waals surface area contributed by atoms with Gasteiger partial charge < -0.3 is 15.3 Å². The third kappa shape index (κ3) is 3.16. The lowest BCUT2D eigenvalue weighted by molar-refractivity contribution is -0.141. The molecule has 3 fully saturated rings.